The van der Waals surface area contributed by atoms with Crippen molar-refractivity contribution in [3.8, 4) is 0 Å². The van der Waals surface area contributed by atoms with Crippen LogP contribution in [0, 0.1) is 0 Å². The van der Waals surface area contributed by atoms with Gasteiger partial charge in [-0.2, -0.15) is 0 Å². The maximum atomic E-state index is 10.3. The van der Waals surface area contributed by atoms with Gasteiger partial charge in [-0.05, 0) is 31.6 Å². The van der Waals surface area contributed by atoms with Crippen molar-refractivity contribution in [2.24, 2.45) is 0 Å². The quantitative estimate of drug-likeness (QED) is 0.398. The van der Waals surface area contributed by atoms with E-state index in [1.165, 1.54) is 0 Å². The molecule has 0 aromatic carbocycles. The van der Waals surface area contributed by atoms with Crippen LogP contribution in [0.2, 0.25) is 0 Å². The molecule has 78 valence electrons. The lowest BCUT2D eigenvalue weighted by atomic mass is 10.1. The molecule has 0 spiro atoms. The normalized spacial score (nSPS) is 14.5. The Morgan fingerprint density at radius 2 is 2.21 bits per heavy atom. The lowest BCUT2D eigenvalue weighted by Crippen LogP contribution is -2.25. The maximum absolute atomic E-state index is 10.3. The van der Waals surface area contributed by atoms with Crippen LogP contribution in [0.1, 0.15) is 13.8 Å². The van der Waals surface area contributed by atoms with Gasteiger partial charge in [0.2, 0.25) is 6.41 Å². The Balaban J connectivity index is 4.65. The van der Waals surface area contributed by atoms with Crippen molar-refractivity contribution >= 4 is 6.41 Å². The number of rotatable bonds is 6. The largest absolute Gasteiger partial charge is 0.497 e. The van der Waals surface area contributed by atoms with E-state index in [1.807, 2.05) is 26.0 Å². The fraction of sp³-hybridized carbons (Fsp3) is 0.364. The molecular formula is C11H17NO2. The predicted octanol–water partition coefficient (Wildman–Crippen LogP) is 1.78. The van der Waals surface area contributed by atoms with Gasteiger partial charge in [0.05, 0.1) is 13.2 Å². The third-order valence-corrected chi connectivity index (χ3v) is 1.90. The van der Waals surface area contributed by atoms with Crippen LogP contribution in [0.15, 0.2) is 36.1 Å². The van der Waals surface area contributed by atoms with Gasteiger partial charge in [0.15, 0.2) is 0 Å². The number of amides is 1. The molecule has 0 saturated heterocycles. The molecule has 0 aliphatic carbocycles. The molecule has 0 heterocycles. The molecule has 0 aromatic heterocycles. The molecule has 3 nitrogen and oxygen atoms in total. The van der Waals surface area contributed by atoms with E-state index in [0.29, 0.717) is 12.2 Å². The van der Waals surface area contributed by atoms with Crippen LogP contribution < -0.4 is 5.32 Å². The van der Waals surface area contributed by atoms with E-state index in [2.05, 4.69) is 11.9 Å². The van der Waals surface area contributed by atoms with Crippen LogP contribution in [0.4, 0.5) is 0 Å². The molecule has 0 bridgehead atoms. The Labute approximate surface area is 85.1 Å². The Bertz CT molecular complexity index is 254. The summed E-state index contributed by atoms with van der Waals surface area (Å²) < 4.78 is 5.05. The van der Waals surface area contributed by atoms with Gasteiger partial charge in [-0.25, -0.2) is 0 Å². The second kappa shape index (κ2) is 6.95. The SMILES string of the molecule is C=C/C(=C\C(=C/C)[C@@H](C)NC=O)OC. The molecule has 0 unspecified atom stereocenters. The van der Waals surface area contributed by atoms with Crippen LogP contribution in [0.5, 0.6) is 0 Å². The highest BCUT2D eigenvalue weighted by molar-refractivity contribution is 5.49. The monoisotopic (exact) mass is 195 g/mol. The highest BCUT2D eigenvalue weighted by atomic mass is 16.5. The molecule has 0 aliphatic rings. The van der Waals surface area contributed by atoms with Gasteiger partial charge in [0.25, 0.3) is 0 Å². The van der Waals surface area contributed by atoms with Gasteiger partial charge < -0.3 is 10.1 Å². The highest BCUT2D eigenvalue weighted by Crippen LogP contribution is 2.08. The second-order valence-corrected chi connectivity index (χ2v) is 2.75. The van der Waals surface area contributed by atoms with E-state index in [0.717, 1.165) is 5.57 Å². The zero-order valence-electron chi connectivity index (χ0n) is 8.91. The van der Waals surface area contributed by atoms with E-state index in [4.69, 9.17) is 4.74 Å². The molecule has 14 heavy (non-hydrogen) atoms. The lowest BCUT2D eigenvalue weighted by Gasteiger charge is -2.12. The van der Waals surface area contributed by atoms with E-state index in [1.54, 1.807) is 13.2 Å². The fourth-order valence-corrected chi connectivity index (χ4v) is 1.02. The summed E-state index contributed by atoms with van der Waals surface area (Å²) in [5.41, 5.74) is 0.980. The zero-order chi connectivity index (χ0) is 11.0. The van der Waals surface area contributed by atoms with Crippen molar-refractivity contribution in [2.45, 2.75) is 19.9 Å². The number of carbonyl (C=O) groups excluding carboxylic acids is 1. The van der Waals surface area contributed by atoms with E-state index >= 15 is 0 Å². The minimum absolute atomic E-state index is 0.0254. The molecule has 0 saturated carbocycles. The van der Waals surface area contributed by atoms with Crippen LogP contribution in [-0.4, -0.2) is 19.6 Å². The Hall–Kier alpha value is -1.51. The van der Waals surface area contributed by atoms with Crippen LogP contribution in [0.3, 0.4) is 0 Å². The summed E-state index contributed by atoms with van der Waals surface area (Å²) in [4.78, 5) is 10.3. The summed E-state index contributed by atoms with van der Waals surface area (Å²) in [6, 6.07) is -0.0254. The first kappa shape index (κ1) is 12.5. The second-order valence-electron chi connectivity index (χ2n) is 2.75. The smallest absolute Gasteiger partial charge is 0.207 e. The predicted molar refractivity (Wildman–Crippen MR) is 57.7 cm³/mol. The van der Waals surface area contributed by atoms with Gasteiger partial charge in [0, 0.05) is 0 Å². The summed E-state index contributed by atoms with van der Waals surface area (Å²) in [5.74, 6) is 0.678. The molecule has 0 aliphatic heterocycles. The summed E-state index contributed by atoms with van der Waals surface area (Å²) in [7, 11) is 1.58. The third-order valence-electron chi connectivity index (χ3n) is 1.90. The number of nitrogens with one attached hydrogen (secondary N) is 1. The highest BCUT2D eigenvalue weighted by Gasteiger charge is 2.04. The van der Waals surface area contributed by atoms with Gasteiger partial charge in [-0.1, -0.05) is 12.7 Å². The van der Waals surface area contributed by atoms with Crippen LogP contribution in [0.25, 0.3) is 0 Å². The average molecular weight is 195 g/mol. The standard InChI is InChI=1S/C11H17NO2/c1-5-10(9(3)12-8-13)7-11(6-2)14-4/h5-9H,2H2,1,3-4H3,(H,12,13)/b10-5+,11-7+/t9-/m1/s1. The minimum atomic E-state index is -0.0254. The molecule has 1 atom stereocenters. The molecule has 0 aromatic rings. The number of carbonyl (C=O) groups is 1. The summed E-state index contributed by atoms with van der Waals surface area (Å²) in [5, 5.41) is 2.67. The maximum Gasteiger partial charge on any atom is 0.207 e. The molecule has 1 amide bonds. The number of hydrogen-bond donors (Lipinski definition) is 1. The van der Waals surface area contributed by atoms with Crippen LogP contribution in [-0.2, 0) is 9.53 Å². The molecule has 0 fully saturated rings. The number of ether oxygens (including phenoxy) is 1. The Morgan fingerprint density at radius 3 is 2.57 bits per heavy atom. The lowest BCUT2D eigenvalue weighted by molar-refractivity contribution is -0.109. The molecular weight excluding hydrogens is 178 g/mol. The first-order valence-electron chi connectivity index (χ1n) is 4.43. The topological polar surface area (TPSA) is 38.3 Å². The average Bonchev–Trinajstić information content (AvgIpc) is 2.20. The van der Waals surface area contributed by atoms with Gasteiger partial charge in [0.1, 0.15) is 5.76 Å². The first-order valence-corrected chi connectivity index (χ1v) is 4.43. The summed E-state index contributed by atoms with van der Waals surface area (Å²) >= 11 is 0. The van der Waals surface area contributed by atoms with E-state index in [-0.39, 0.29) is 6.04 Å². The van der Waals surface area contributed by atoms with Crippen molar-refractivity contribution in [1.29, 1.82) is 0 Å². The fourth-order valence-electron chi connectivity index (χ4n) is 1.02. The van der Waals surface area contributed by atoms with Crippen molar-refractivity contribution in [1.82, 2.24) is 5.32 Å². The van der Waals surface area contributed by atoms with Crippen molar-refractivity contribution in [3.05, 3.63) is 36.1 Å². The van der Waals surface area contributed by atoms with Crippen molar-refractivity contribution in [3.63, 3.8) is 0 Å². The van der Waals surface area contributed by atoms with Gasteiger partial charge in [-0.15, -0.1) is 0 Å². The molecule has 0 rings (SSSR count). The molecule has 0 radical (unpaired) electrons. The zero-order valence-corrected chi connectivity index (χ0v) is 8.91. The third kappa shape index (κ3) is 3.94. The number of hydrogen-bond acceptors (Lipinski definition) is 2. The number of allylic oxidation sites excluding steroid dienone is 2. The Morgan fingerprint density at radius 1 is 1.57 bits per heavy atom. The first-order chi connectivity index (χ1) is 6.69. The van der Waals surface area contributed by atoms with E-state index < -0.39 is 0 Å². The Kier molecular flexibility index (Phi) is 6.20. The molecule has 1 N–H and O–H groups in total. The summed E-state index contributed by atoms with van der Waals surface area (Å²) in [6.07, 6.45) is 6.07. The molecule has 3 heteroatoms. The minimum Gasteiger partial charge on any atom is -0.497 e. The summed E-state index contributed by atoms with van der Waals surface area (Å²) in [6.45, 7) is 7.42. The van der Waals surface area contributed by atoms with Crippen LogP contribution >= 0.6 is 0 Å². The van der Waals surface area contributed by atoms with E-state index in [9.17, 15) is 4.79 Å². The van der Waals surface area contributed by atoms with Gasteiger partial charge >= 0.3 is 0 Å². The number of methoxy groups -OCH3 is 1. The van der Waals surface area contributed by atoms with Crippen molar-refractivity contribution in [2.75, 3.05) is 7.11 Å². The van der Waals surface area contributed by atoms with Gasteiger partial charge in [-0.3, -0.25) is 4.79 Å². The van der Waals surface area contributed by atoms with Crippen molar-refractivity contribution < 1.29 is 9.53 Å².